The smallest absolute Gasteiger partial charge is 0.248 e. The number of amides is 1. The number of anilines is 3. The summed E-state index contributed by atoms with van der Waals surface area (Å²) in [4.78, 5) is 15.3. The summed E-state index contributed by atoms with van der Waals surface area (Å²) in [5.41, 5.74) is 2.98. The molecule has 0 aliphatic carbocycles. The van der Waals surface area contributed by atoms with Gasteiger partial charge in [0.1, 0.15) is 6.04 Å². The van der Waals surface area contributed by atoms with Crippen LogP contribution in [0.1, 0.15) is 31.7 Å². The lowest BCUT2D eigenvalue weighted by Crippen LogP contribution is -2.47. The van der Waals surface area contributed by atoms with Crippen LogP contribution < -0.4 is 14.5 Å². The summed E-state index contributed by atoms with van der Waals surface area (Å²) in [5, 5.41) is 3.32. The minimum Gasteiger partial charge on any atom is -0.372 e. The fourth-order valence-electron chi connectivity index (χ4n) is 3.74. The molecule has 1 aliphatic rings. The van der Waals surface area contributed by atoms with E-state index in [9.17, 15) is 13.2 Å². The average molecular weight is 450 g/mol. The first-order valence-corrected chi connectivity index (χ1v) is 12.3. The molecule has 3 rings (SSSR count). The van der Waals surface area contributed by atoms with Crippen LogP contribution in [0.5, 0.6) is 0 Å². The van der Waals surface area contributed by atoms with Crippen LogP contribution in [0, 0.1) is 6.92 Å². The number of hydrogen-bond donors (Lipinski definition) is 1. The molecule has 1 amide bonds. The Labute approximate surface area is 183 Å². The number of hydrogen-bond acceptors (Lipinski definition) is 4. The van der Waals surface area contributed by atoms with Gasteiger partial charge < -0.3 is 10.2 Å². The zero-order valence-electron chi connectivity index (χ0n) is 17.6. The summed E-state index contributed by atoms with van der Waals surface area (Å²) in [5.74, 6) is -0.381. The fourth-order valence-corrected chi connectivity index (χ4v) is 5.11. The maximum atomic E-state index is 13.0. The predicted molar refractivity (Wildman–Crippen MR) is 124 cm³/mol. The van der Waals surface area contributed by atoms with Crippen molar-refractivity contribution in [2.45, 2.75) is 39.2 Å². The van der Waals surface area contributed by atoms with Crippen LogP contribution in [0.25, 0.3) is 0 Å². The molecule has 1 aliphatic heterocycles. The highest BCUT2D eigenvalue weighted by atomic mass is 35.5. The molecule has 0 bridgehead atoms. The summed E-state index contributed by atoms with van der Waals surface area (Å²) >= 11 is 6.21. The lowest BCUT2D eigenvalue weighted by Gasteiger charge is -2.30. The second kappa shape index (κ2) is 9.27. The number of nitrogens with zero attached hydrogens (tertiary/aromatic N) is 2. The van der Waals surface area contributed by atoms with Crippen molar-refractivity contribution in [1.82, 2.24) is 0 Å². The number of sulfonamides is 1. The highest BCUT2D eigenvalue weighted by Gasteiger charge is 2.31. The molecule has 2 aromatic rings. The fraction of sp³-hybridized carbons (Fsp3) is 0.409. The van der Waals surface area contributed by atoms with Crippen LogP contribution in [0.3, 0.4) is 0 Å². The van der Waals surface area contributed by atoms with E-state index in [1.807, 2.05) is 31.2 Å². The van der Waals surface area contributed by atoms with Crippen molar-refractivity contribution in [3.8, 4) is 0 Å². The highest BCUT2D eigenvalue weighted by Crippen LogP contribution is 2.28. The summed E-state index contributed by atoms with van der Waals surface area (Å²) in [7, 11) is -3.71. The number of halogens is 1. The molecule has 0 aromatic heterocycles. The molecule has 1 saturated heterocycles. The molecule has 1 N–H and O–H groups in total. The summed E-state index contributed by atoms with van der Waals surface area (Å²) in [6.45, 7) is 5.72. The van der Waals surface area contributed by atoms with E-state index in [0.717, 1.165) is 34.9 Å². The van der Waals surface area contributed by atoms with Crippen LogP contribution in [-0.4, -0.2) is 39.7 Å². The average Bonchev–Trinajstić information content (AvgIpc) is 3.22. The van der Waals surface area contributed by atoms with Gasteiger partial charge in [-0.1, -0.05) is 24.6 Å². The third-order valence-corrected chi connectivity index (χ3v) is 6.93. The molecule has 1 unspecified atom stereocenters. The summed E-state index contributed by atoms with van der Waals surface area (Å²) in [6, 6.07) is 11.8. The molecule has 162 valence electrons. The molecule has 6 nitrogen and oxygen atoms in total. The van der Waals surface area contributed by atoms with Crippen LogP contribution in [-0.2, 0) is 14.8 Å². The van der Waals surface area contributed by atoms with E-state index in [2.05, 4.69) is 10.2 Å². The van der Waals surface area contributed by atoms with Crippen molar-refractivity contribution in [2.24, 2.45) is 0 Å². The van der Waals surface area contributed by atoms with Gasteiger partial charge in [-0.2, -0.15) is 0 Å². The summed E-state index contributed by atoms with van der Waals surface area (Å²) in [6.07, 6.45) is 3.81. The van der Waals surface area contributed by atoms with Crippen LogP contribution in [0.15, 0.2) is 42.5 Å². The first-order chi connectivity index (χ1) is 14.2. The number of aryl methyl sites for hydroxylation is 1. The Morgan fingerprint density at radius 3 is 2.33 bits per heavy atom. The third-order valence-electron chi connectivity index (χ3n) is 5.35. The normalized spacial score (nSPS) is 15.1. The molecule has 0 saturated carbocycles. The molecule has 0 radical (unpaired) electrons. The zero-order chi connectivity index (χ0) is 21.9. The van der Waals surface area contributed by atoms with Crippen molar-refractivity contribution in [3.63, 3.8) is 0 Å². The topological polar surface area (TPSA) is 69.7 Å². The first kappa shape index (κ1) is 22.4. The second-order valence-electron chi connectivity index (χ2n) is 7.65. The lowest BCUT2D eigenvalue weighted by molar-refractivity contribution is -0.117. The number of rotatable bonds is 7. The van der Waals surface area contributed by atoms with Crippen molar-refractivity contribution in [2.75, 3.05) is 33.9 Å². The zero-order valence-corrected chi connectivity index (χ0v) is 19.1. The molecule has 8 heteroatoms. The molecule has 30 heavy (non-hydrogen) atoms. The van der Waals surface area contributed by atoms with Crippen molar-refractivity contribution in [1.29, 1.82) is 0 Å². The van der Waals surface area contributed by atoms with E-state index in [0.29, 0.717) is 22.8 Å². The van der Waals surface area contributed by atoms with Gasteiger partial charge >= 0.3 is 0 Å². The maximum absolute atomic E-state index is 13.0. The van der Waals surface area contributed by atoms with E-state index in [1.54, 1.807) is 25.1 Å². The SMILES string of the molecule is CCC(C(=O)Nc1ccc(N2CCCC2)cc1)N(c1ccc(C)c(Cl)c1)S(C)(=O)=O. The standard InChI is InChI=1S/C22H28ClN3O3S/c1-4-21(26(30(3,28)29)19-10-7-16(2)20(23)15-19)22(27)24-17-8-11-18(12-9-17)25-13-5-6-14-25/h7-12,15,21H,4-6,13-14H2,1-3H3,(H,24,27). The van der Waals surface area contributed by atoms with Gasteiger partial charge in [-0.05, 0) is 68.1 Å². The van der Waals surface area contributed by atoms with Gasteiger partial charge in [0.2, 0.25) is 15.9 Å². The van der Waals surface area contributed by atoms with Crippen molar-refractivity contribution in [3.05, 3.63) is 53.1 Å². The minimum absolute atomic E-state index is 0.316. The van der Waals surface area contributed by atoms with Gasteiger partial charge in [0.25, 0.3) is 0 Å². The molecular weight excluding hydrogens is 422 g/mol. The van der Waals surface area contributed by atoms with Gasteiger partial charge in [-0.15, -0.1) is 0 Å². The Hall–Kier alpha value is -2.25. The van der Waals surface area contributed by atoms with Gasteiger partial charge in [0.05, 0.1) is 11.9 Å². The van der Waals surface area contributed by atoms with Crippen molar-refractivity contribution >= 4 is 44.6 Å². The van der Waals surface area contributed by atoms with E-state index >= 15 is 0 Å². The number of carbonyl (C=O) groups excluding carboxylic acids is 1. The van der Waals surface area contributed by atoms with Crippen LogP contribution >= 0.6 is 11.6 Å². The van der Waals surface area contributed by atoms with Crippen molar-refractivity contribution < 1.29 is 13.2 Å². The van der Waals surface area contributed by atoms with Gasteiger partial charge in [0.15, 0.2) is 0 Å². The Morgan fingerprint density at radius 1 is 1.17 bits per heavy atom. The Balaban J connectivity index is 1.82. The van der Waals surface area contributed by atoms with E-state index in [1.165, 1.54) is 12.8 Å². The monoisotopic (exact) mass is 449 g/mol. The van der Waals surface area contributed by atoms with E-state index in [-0.39, 0.29) is 5.91 Å². The predicted octanol–water partition coefficient (Wildman–Crippen LogP) is 4.43. The van der Waals surface area contributed by atoms with Crippen LogP contribution in [0.4, 0.5) is 17.1 Å². The van der Waals surface area contributed by atoms with Gasteiger partial charge in [0, 0.05) is 29.5 Å². The molecule has 2 aromatic carbocycles. The number of carbonyl (C=O) groups is 1. The number of nitrogens with one attached hydrogen (secondary N) is 1. The molecular formula is C22H28ClN3O3S. The molecule has 1 heterocycles. The maximum Gasteiger partial charge on any atom is 0.248 e. The first-order valence-electron chi connectivity index (χ1n) is 10.1. The van der Waals surface area contributed by atoms with E-state index in [4.69, 9.17) is 11.6 Å². The minimum atomic E-state index is -3.71. The van der Waals surface area contributed by atoms with E-state index < -0.39 is 16.1 Å². The van der Waals surface area contributed by atoms with Crippen LogP contribution in [0.2, 0.25) is 5.02 Å². The Bertz CT molecular complexity index is 1000. The second-order valence-corrected chi connectivity index (χ2v) is 9.91. The Kier molecular flexibility index (Phi) is 6.93. The Morgan fingerprint density at radius 2 is 1.80 bits per heavy atom. The highest BCUT2D eigenvalue weighted by molar-refractivity contribution is 7.92. The molecule has 1 atom stereocenters. The summed E-state index contributed by atoms with van der Waals surface area (Å²) < 4.78 is 26.3. The third kappa shape index (κ3) is 5.08. The number of benzene rings is 2. The quantitative estimate of drug-likeness (QED) is 0.678. The lowest BCUT2D eigenvalue weighted by atomic mass is 10.1. The van der Waals surface area contributed by atoms with Gasteiger partial charge in [-0.25, -0.2) is 8.42 Å². The van der Waals surface area contributed by atoms with Gasteiger partial charge in [-0.3, -0.25) is 9.10 Å². The largest absolute Gasteiger partial charge is 0.372 e. The molecule has 0 spiro atoms. The molecule has 1 fully saturated rings.